The molecule has 0 unspecified atom stereocenters. The summed E-state index contributed by atoms with van der Waals surface area (Å²) in [5.41, 5.74) is 1.14. The third-order valence-electron chi connectivity index (χ3n) is 2.14. The molecule has 0 aliphatic heterocycles. The molecule has 1 aromatic carbocycles. The molecule has 76 valence electrons. The summed E-state index contributed by atoms with van der Waals surface area (Å²) < 4.78 is 13.4. The number of carboxylic acids is 1. The molecule has 2 nitrogen and oxygen atoms in total. The Morgan fingerprint density at radius 2 is 2.07 bits per heavy atom. The number of aliphatic carboxylic acids is 1. The van der Waals surface area contributed by atoms with Gasteiger partial charge < -0.3 is 5.11 Å². The fourth-order valence-electron chi connectivity index (χ4n) is 1.24. The van der Waals surface area contributed by atoms with E-state index < -0.39 is 11.8 Å². The van der Waals surface area contributed by atoms with Gasteiger partial charge in [0.05, 0.1) is 6.42 Å². The zero-order valence-electron chi connectivity index (χ0n) is 7.90. The van der Waals surface area contributed by atoms with Gasteiger partial charge in [0.1, 0.15) is 5.82 Å². The van der Waals surface area contributed by atoms with Crippen LogP contribution in [-0.4, -0.2) is 11.1 Å². The van der Waals surface area contributed by atoms with Crippen molar-refractivity contribution in [3.8, 4) is 0 Å². The molecule has 0 amide bonds. The van der Waals surface area contributed by atoms with Crippen molar-refractivity contribution in [3.05, 3.63) is 33.6 Å². The quantitative estimate of drug-likeness (QED) is 0.826. The van der Waals surface area contributed by atoms with Crippen molar-refractivity contribution in [2.75, 3.05) is 0 Å². The van der Waals surface area contributed by atoms with E-state index in [-0.39, 0.29) is 11.4 Å². The molecule has 0 bridgehead atoms. The molecule has 0 spiro atoms. The van der Waals surface area contributed by atoms with Crippen LogP contribution < -0.4 is 0 Å². The molecule has 0 aliphatic rings. The van der Waals surface area contributed by atoms with Gasteiger partial charge in [-0.3, -0.25) is 4.79 Å². The Bertz CT molecular complexity index is 388. The Morgan fingerprint density at radius 3 is 2.57 bits per heavy atom. The summed E-state index contributed by atoms with van der Waals surface area (Å²) in [6.07, 6.45) is -0.206. The second-order valence-electron chi connectivity index (χ2n) is 3.15. The Kier molecular flexibility index (Phi) is 3.11. The molecule has 14 heavy (non-hydrogen) atoms. The SMILES string of the molecule is Cc1c(Cl)cc(CC(=O)O)c(C)c1F. The first-order valence-electron chi connectivity index (χ1n) is 4.09. The summed E-state index contributed by atoms with van der Waals surface area (Å²) in [5.74, 6) is -1.42. The molecule has 0 saturated heterocycles. The molecule has 1 N–H and O–H groups in total. The largest absolute Gasteiger partial charge is 0.481 e. The van der Waals surface area contributed by atoms with Crippen molar-refractivity contribution in [1.29, 1.82) is 0 Å². The van der Waals surface area contributed by atoms with Crippen molar-refractivity contribution in [3.63, 3.8) is 0 Å². The van der Waals surface area contributed by atoms with Crippen LogP contribution in [0.2, 0.25) is 5.02 Å². The molecule has 0 aromatic heterocycles. The van der Waals surface area contributed by atoms with Gasteiger partial charge in [0.2, 0.25) is 0 Å². The zero-order chi connectivity index (χ0) is 10.9. The zero-order valence-corrected chi connectivity index (χ0v) is 8.65. The topological polar surface area (TPSA) is 37.3 Å². The Hall–Kier alpha value is -1.09. The molecule has 0 aliphatic carbocycles. The molecule has 0 heterocycles. The second kappa shape index (κ2) is 3.96. The summed E-state index contributed by atoms with van der Waals surface area (Å²) in [6, 6.07) is 1.50. The smallest absolute Gasteiger partial charge is 0.307 e. The summed E-state index contributed by atoms with van der Waals surface area (Å²) in [6.45, 7) is 3.12. The van der Waals surface area contributed by atoms with Gasteiger partial charge in [-0.05, 0) is 31.0 Å². The van der Waals surface area contributed by atoms with E-state index in [1.165, 1.54) is 6.07 Å². The number of benzene rings is 1. The summed E-state index contributed by atoms with van der Waals surface area (Å²) in [7, 11) is 0. The number of hydrogen-bond acceptors (Lipinski definition) is 1. The van der Waals surface area contributed by atoms with Gasteiger partial charge in [0.25, 0.3) is 0 Å². The number of hydrogen-bond donors (Lipinski definition) is 1. The lowest BCUT2D eigenvalue weighted by atomic mass is 10.0. The lowest BCUT2D eigenvalue weighted by Crippen LogP contribution is -2.04. The maximum absolute atomic E-state index is 13.4. The molecule has 4 heteroatoms. The number of rotatable bonds is 2. The lowest BCUT2D eigenvalue weighted by Gasteiger charge is -2.08. The molecule has 0 atom stereocenters. The third kappa shape index (κ3) is 2.04. The van der Waals surface area contributed by atoms with Crippen LogP contribution in [0.25, 0.3) is 0 Å². The molecular formula is C10H10ClFO2. The number of carbonyl (C=O) groups is 1. The van der Waals surface area contributed by atoms with Crippen LogP contribution in [0.15, 0.2) is 6.07 Å². The van der Waals surface area contributed by atoms with Crippen molar-refractivity contribution in [2.45, 2.75) is 20.3 Å². The standard InChI is InChI=1S/C10H10ClFO2/c1-5-7(4-9(13)14)3-8(11)6(2)10(5)12/h3H,4H2,1-2H3,(H,13,14). The van der Waals surface area contributed by atoms with Crippen molar-refractivity contribution >= 4 is 17.6 Å². The molecule has 1 rings (SSSR count). The highest BCUT2D eigenvalue weighted by molar-refractivity contribution is 6.31. The van der Waals surface area contributed by atoms with E-state index in [1.54, 1.807) is 13.8 Å². The normalized spacial score (nSPS) is 10.3. The van der Waals surface area contributed by atoms with E-state index in [1.807, 2.05) is 0 Å². The van der Waals surface area contributed by atoms with Crippen LogP contribution in [0.4, 0.5) is 4.39 Å². The number of carboxylic acid groups (broad SMARTS) is 1. The summed E-state index contributed by atoms with van der Waals surface area (Å²) >= 11 is 5.74. The van der Waals surface area contributed by atoms with Crippen LogP contribution in [0.1, 0.15) is 16.7 Å². The van der Waals surface area contributed by atoms with Crippen molar-refractivity contribution < 1.29 is 14.3 Å². The van der Waals surface area contributed by atoms with E-state index in [4.69, 9.17) is 16.7 Å². The van der Waals surface area contributed by atoms with Crippen LogP contribution in [0.5, 0.6) is 0 Å². The van der Waals surface area contributed by atoms with Crippen molar-refractivity contribution in [2.24, 2.45) is 0 Å². The Labute approximate surface area is 86.3 Å². The minimum atomic E-state index is -0.993. The molecule has 0 saturated carbocycles. The van der Waals surface area contributed by atoms with Gasteiger partial charge in [-0.1, -0.05) is 11.6 Å². The first-order chi connectivity index (χ1) is 6.43. The van der Waals surface area contributed by atoms with E-state index in [2.05, 4.69) is 0 Å². The van der Waals surface area contributed by atoms with Gasteiger partial charge in [-0.2, -0.15) is 0 Å². The fraction of sp³-hybridized carbons (Fsp3) is 0.300. The maximum Gasteiger partial charge on any atom is 0.307 e. The summed E-state index contributed by atoms with van der Waals surface area (Å²) in [4.78, 5) is 10.5. The highest BCUT2D eigenvalue weighted by Crippen LogP contribution is 2.24. The van der Waals surface area contributed by atoms with E-state index in [0.717, 1.165) is 0 Å². The lowest BCUT2D eigenvalue weighted by molar-refractivity contribution is -0.136. The fourth-order valence-corrected chi connectivity index (χ4v) is 1.46. The highest BCUT2D eigenvalue weighted by Gasteiger charge is 2.13. The van der Waals surface area contributed by atoms with Gasteiger partial charge in [0.15, 0.2) is 0 Å². The van der Waals surface area contributed by atoms with Crippen LogP contribution >= 0.6 is 11.6 Å². The molecular weight excluding hydrogens is 207 g/mol. The Morgan fingerprint density at radius 1 is 1.50 bits per heavy atom. The van der Waals surface area contributed by atoms with Gasteiger partial charge >= 0.3 is 5.97 Å². The predicted octanol–water partition coefficient (Wildman–Crippen LogP) is 2.72. The first kappa shape index (κ1) is 11.0. The second-order valence-corrected chi connectivity index (χ2v) is 3.56. The number of halogens is 2. The van der Waals surface area contributed by atoms with Crippen molar-refractivity contribution in [1.82, 2.24) is 0 Å². The van der Waals surface area contributed by atoms with Crippen LogP contribution in [0.3, 0.4) is 0 Å². The maximum atomic E-state index is 13.4. The minimum Gasteiger partial charge on any atom is -0.481 e. The predicted molar refractivity (Wildman–Crippen MR) is 52.2 cm³/mol. The van der Waals surface area contributed by atoms with E-state index >= 15 is 0 Å². The van der Waals surface area contributed by atoms with Crippen LogP contribution in [-0.2, 0) is 11.2 Å². The average molecular weight is 217 g/mol. The highest BCUT2D eigenvalue weighted by atomic mass is 35.5. The summed E-state index contributed by atoms with van der Waals surface area (Å²) in [5, 5.41) is 8.84. The monoisotopic (exact) mass is 216 g/mol. The van der Waals surface area contributed by atoms with Gasteiger partial charge in [-0.25, -0.2) is 4.39 Å². The molecule has 1 aromatic rings. The minimum absolute atomic E-state index is 0.206. The van der Waals surface area contributed by atoms with E-state index in [9.17, 15) is 9.18 Å². The average Bonchev–Trinajstić information content (AvgIpc) is 2.10. The third-order valence-corrected chi connectivity index (χ3v) is 2.53. The van der Waals surface area contributed by atoms with Gasteiger partial charge in [-0.15, -0.1) is 0 Å². The van der Waals surface area contributed by atoms with Crippen LogP contribution in [0, 0.1) is 19.7 Å². The van der Waals surface area contributed by atoms with E-state index in [0.29, 0.717) is 16.7 Å². The van der Waals surface area contributed by atoms with Gasteiger partial charge in [0, 0.05) is 10.6 Å². The first-order valence-corrected chi connectivity index (χ1v) is 4.47. The Balaban J connectivity index is 3.25. The molecule has 0 fully saturated rings. The molecule has 0 radical (unpaired) electrons.